The minimum absolute atomic E-state index is 0.176. The highest BCUT2D eigenvalue weighted by Crippen LogP contribution is 2.23. The minimum Gasteiger partial charge on any atom is -0.457 e. The van der Waals surface area contributed by atoms with Crippen molar-refractivity contribution in [1.29, 1.82) is 0 Å². The summed E-state index contributed by atoms with van der Waals surface area (Å²) in [5, 5.41) is 4.85. The molecule has 2 heterocycles. The second kappa shape index (κ2) is 7.55. The molecule has 3 rings (SSSR count). The highest BCUT2D eigenvalue weighted by Gasteiger charge is 2.14. The molecular weight excluding hydrogens is 395 g/mol. The molecule has 1 N–H and O–H groups in total. The normalized spacial score (nSPS) is 10.4. The number of carbonyl (C=O) groups is 1. The van der Waals surface area contributed by atoms with Gasteiger partial charge in [-0.15, -0.1) is 11.3 Å². The Labute approximate surface area is 150 Å². The number of esters is 1. The van der Waals surface area contributed by atoms with Crippen LogP contribution in [-0.2, 0) is 11.3 Å². The van der Waals surface area contributed by atoms with Crippen LogP contribution in [0.2, 0.25) is 0 Å². The van der Waals surface area contributed by atoms with Crippen LogP contribution in [0.3, 0.4) is 0 Å². The number of ether oxygens (including phenoxy) is 1. The van der Waals surface area contributed by atoms with E-state index in [2.05, 4.69) is 26.2 Å². The van der Waals surface area contributed by atoms with Gasteiger partial charge in [0.25, 0.3) is 0 Å². The van der Waals surface area contributed by atoms with Gasteiger partial charge in [0.15, 0.2) is 0 Å². The predicted octanol–water partition coefficient (Wildman–Crippen LogP) is 5.15. The fourth-order valence-electron chi connectivity index (χ4n) is 2.02. The fraction of sp³-hybridized carbons (Fsp3) is 0.0588. The van der Waals surface area contributed by atoms with Gasteiger partial charge in [-0.2, -0.15) is 0 Å². The van der Waals surface area contributed by atoms with Gasteiger partial charge < -0.3 is 10.1 Å². The van der Waals surface area contributed by atoms with E-state index in [1.54, 1.807) is 30.5 Å². The fourth-order valence-corrected chi connectivity index (χ4v) is 3.21. The van der Waals surface area contributed by atoms with E-state index >= 15 is 0 Å². The average molecular weight is 407 g/mol. The van der Waals surface area contributed by atoms with E-state index in [0.717, 1.165) is 9.35 Å². The van der Waals surface area contributed by atoms with Crippen LogP contribution < -0.4 is 5.32 Å². The molecular formula is C17H12BrFN2O2S. The summed E-state index contributed by atoms with van der Waals surface area (Å²) >= 11 is 4.89. The Hall–Kier alpha value is -2.25. The third-order valence-electron chi connectivity index (χ3n) is 3.11. The zero-order valence-electron chi connectivity index (χ0n) is 12.3. The van der Waals surface area contributed by atoms with Crippen LogP contribution in [-0.4, -0.2) is 11.0 Å². The zero-order chi connectivity index (χ0) is 16.9. The maximum Gasteiger partial charge on any atom is 0.342 e. The molecule has 0 fully saturated rings. The van der Waals surface area contributed by atoms with Gasteiger partial charge in [0.1, 0.15) is 23.8 Å². The molecule has 0 radical (unpaired) electrons. The smallest absolute Gasteiger partial charge is 0.342 e. The molecule has 2 aromatic heterocycles. The Bertz CT molecular complexity index is 869. The number of halogens is 2. The van der Waals surface area contributed by atoms with E-state index in [1.807, 2.05) is 11.4 Å². The molecule has 4 nitrogen and oxygen atoms in total. The molecule has 0 amide bonds. The first-order chi connectivity index (χ1) is 11.6. The van der Waals surface area contributed by atoms with Crippen molar-refractivity contribution >= 4 is 44.7 Å². The Balaban J connectivity index is 1.74. The average Bonchev–Trinajstić information content (AvgIpc) is 2.99. The number of anilines is 2. The van der Waals surface area contributed by atoms with E-state index in [-0.39, 0.29) is 18.0 Å². The molecule has 0 unspecified atom stereocenters. The highest BCUT2D eigenvalue weighted by molar-refractivity contribution is 9.11. The summed E-state index contributed by atoms with van der Waals surface area (Å²) in [4.78, 5) is 16.5. The van der Waals surface area contributed by atoms with Crippen molar-refractivity contribution in [2.75, 3.05) is 5.32 Å². The van der Waals surface area contributed by atoms with Crippen molar-refractivity contribution in [1.82, 2.24) is 4.98 Å². The second-order valence-electron chi connectivity index (χ2n) is 4.87. The molecule has 0 saturated carbocycles. The number of rotatable bonds is 5. The molecule has 1 aromatic carbocycles. The molecule has 0 aliphatic rings. The molecule has 0 aliphatic carbocycles. The molecule has 0 atom stereocenters. The Morgan fingerprint density at radius 3 is 2.92 bits per heavy atom. The van der Waals surface area contributed by atoms with Crippen LogP contribution in [0.1, 0.15) is 15.9 Å². The van der Waals surface area contributed by atoms with Crippen LogP contribution >= 0.6 is 27.3 Å². The number of pyridine rings is 1. The Morgan fingerprint density at radius 1 is 1.29 bits per heavy atom. The van der Waals surface area contributed by atoms with Crippen molar-refractivity contribution in [3.63, 3.8) is 0 Å². The molecule has 0 aliphatic heterocycles. The summed E-state index contributed by atoms with van der Waals surface area (Å²) in [6.45, 7) is 0.176. The summed E-state index contributed by atoms with van der Waals surface area (Å²) in [6.07, 6.45) is 1.55. The second-order valence-corrected chi connectivity index (χ2v) is 7.16. The SMILES string of the molecule is O=C(OCc1csc(Br)c1)c1cccnc1Nc1cccc(F)c1. The van der Waals surface area contributed by atoms with Crippen LogP contribution in [0.15, 0.2) is 57.8 Å². The molecule has 7 heteroatoms. The number of hydrogen-bond donors (Lipinski definition) is 1. The first-order valence-electron chi connectivity index (χ1n) is 6.99. The van der Waals surface area contributed by atoms with Crippen molar-refractivity contribution in [2.24, 2.45) is 0 Å². The predicted molar refractivity (Wildman–Crippen MR) is 95.1 cm³/mol. The molecule has 0 saturated heterocycles. The Morgan fingerprint density at radius 2 is 2.17 bits per heavy atom. The van der Waals surface area contributed by atoms with Crippen LogP contribution in [0.25, 0.3) is 0 Å². The lowest BCUT2D eigenvalue weighted by Crippen LogP contribution is -2.09. The molecule has 24 heavy (non-hydrogen) atoms. The van der Waals surface area contributed by atoms with Gasteiger partial charge >= 0.3 is 5.97 Å². The summed E-state index contributed by atoms with van der Waals surface area (Å²) in [7, 11) is 0. The number of nitrogens with zero attached hydrogens (tertiary/aromatic N) is 1. The number of thiophene rings is 1. The standard InChI is InChI=1S/C17H12BrFN2O2S/c18-15-7-11(10-24-15)9-23-17(22)14-5-2-6-20-16(14)21-13-4-1-3-12(19)8-13/h1-8,10H,9H2,(H,20,21). The topological polar surface area (TPSA) is 51.2 Å². The van der Waals surface area contributed by atoms with Crippen LogP contribution in [0, 0.1) is 5.82 Å². The zero-order valence-corrected chi connectivity index (χ0v) is 14.7. The van der Waals surface area contributed by atoms with Crippen LogP contribution in [0.5, 0.6) is 0 Å². The monoisotopic (exact) mass is 406 g/mol. The van der Waals surface area contributed by atoms with E-state index in [1.165, 1.54) is 23.5 Å². The van der Waals surface area contributed by atoms with Crippen molar-refractivity contribution < 1.29 is 13.9 Å². The number of aromatic nitrogens is 1. The van der Waals surface area contributed by atoms with Crippen LogP contribution in [0.4, 0.5) is 15.9 Å². The molecule has 3 aromatic rings. The quantitative estimate of drug-likeness (QED) is 0.595. The largest absolute Gasteiger partial charge is 0.457 e. The van der Waals surface area contributed by atoms with Gasteiger partial charge in [-0.3, -0.25) is 0 Å². The van der Waals surface area contributed by atoms with Gasteiger partial charge in [-0.05, 0) is 57.7 Å². The van der Waals surface area contributed by atoms with E-state index in [4.69, 9.17) is 4.74 Å². The first kappa shape index (κ1) is 16.6. The van der Waals surface area contributed by atoms with E-state index in [9.17, 15) is 9.18 Å². The maximum atomic E-state index is 13.3. The minimum atomic E-state index is -0.496. The van der Waals surface area contributed by atoms with E-state index in [0.29, 0.717) is 11.5 Å². The maximum absolute atomic E-state index is 13.3. The van der Waals surface area contributed by atoms with Crippen molar-refractivity contribution in [3.8, 4) is 0 Å². The third-order valence-corrected chi connectivity index (χ3v) is 4.66. The van der Waals surface area contributed by atoms with Gasteiger partial charge in [0.05, 0.1) is 3.79 Å². The summed E-state index contributed by atoms with van der Waals surface area (Å²) in [5.74, 6) is -0.549. The number of carbonyl (C=O) groups excluding carboxylic acids is 1. The molecule has 0 bridgehead atoms. The third kappa shape index (κ3) is 4.18. The summed E-state index contributed by atoms with van der Waals surface area (Å²) in [5.41, 5.74) is 1.70. The first-order valence-corrected chi connectivity index (χ1v) is 8.67. The lowest BCUT2D eigenvalue weighted by Gasteiger charge is -2.10. The Kier molecular flexibility index (Phi) is 5.22. The lowest BCUT2D eigenvalue weighted by molar-refractivity contribution is 0.0474. The van der Waals surface area contributed by atoms with Crippen molar-refractivity contribution in [2.45, 2.75) is 6.61 Å². The summed E-state index contributed by atoms with van der Waals surface area (Å²) < 4.78 is 19.6. The lowest BCUT2D eigenvalue weighted by atomic mass is 10.2. The molecule has 122 valence electrons. The number of benzene rings is 1. The van der Waals surface area contributed by atoms with E-state index < -0.39 is 5.97 Å². The molecule has 0 spiro atoms. The van der Waals surface area contributed by atoms with Gasteiger partial charge in [0, 0.05) is 17.4 Å². The van der Waals surface area contributed by atoms with Gasteiger partial charge in [-0.1, -0.05) is 6.07 Å². The van der Waals surface area contributed by atoms with Gasteiger partial charge in [0.2, 0.25) is 0 Å². The van der Waals surface area contributed by atoms with Crippen molar-refractivity contribution in [3.05, 3.63) is 74.8 Å². The highest BCUT2D eigenvalue weighted by atomic mass is 79.9. The summed E-state index contributed by atoms with van der Waals surface area (Å²) in [6, 6.07) is 11.1. The van der Waals surface area contributed by atoms with Gasteiger partial charge in [-0.25, -0.2) is 14.2 Å². The number of nitrogens with one attached hydrogen (secondary N) is 1. The number of hydrogen-bond acceptors (Lipinski definition) is 5.